The van der Waals surface area contributed by atoms with E-state index in [-0.39, 0.29) is 5.02 Å². The Kier molecular flexibility index (Phi) is 5.47. The maximum Gasteiger partial charge on any atom is 0.334 e. The number of aliphatic carboxylic acids is 1. The monoisotopic (exact) mass is 287 g/mol. The highest BCUT2D eigenvalue weighted by Gasteiger charge is 2.12. The van der Waals surface area contributed by atoms with E-state index in [0.717, 1.165) is 12.1 Å². The van der Waals surface area contributed by atoms with Crippen molar-refractivity contribution in [2.75, 3.05) is 6.54 Å². The largest absolute Gasteiger partial charge is 0.479 e. The van der Waals surface area contributed by atoms with E-state index < -0.39 is 30.3 Å². The lowest BCUT2D eigenvalue weighted by Gasteiger charge is -2.05. The minimum Gasteiger partial charge on any atom is -0.479 e. The SMILES string of the molecule is O=C(/C=C/c1ccc(F)c(Cl)c1)NC[C@H](O)C(=O)O. The molecule has 0 aromatic heterocycles. The number of carboxylic acid groups (broad SMARTS) is 1. The van der Waals surface area contributed by atoms with Crippen molar-refractivity contribution in [3.05, 3.63) is 40.7 Å². The molecule has 0 aliphatic heterocycles. The van der Waals surface area contributed by atoms with Gasteiger partial charge in [0, 0.05) is 6.08 Å². The van der Waals surface area contributed by atoms with Gasteiger partial charge >= 0.3 is 5.97 Å². The molecule has 5 nitrogen and oxygen atoms in total. The molecule has 0 aliphatic carbocycles. The minimum atomic E-state index is -1.65. The molecule has 0 saturated carbocycles. The van der Waals surface area contributed by atoms with Crippen molar-refractivity contribution < 1.29 is 24.2 Å². The van der Waals surface area contributed by atoms with Crippen LogP contribution in [0.5, 0.6) is 0 Å². The van der Waals surface area contributed by atoms with Crippen molar-refractivity contribution in [1.29, 1.82) is 0 Å². The van der Waals surface area contributed by atoms with Gasteiger partial charge in [-0.2, -0.15) is 0 Å². The van der Waals surface area contributed by atoms with Crippen LogP contribution in [0.3, 0.4) is 0 Å². The van der Waals surface area contributed by atoms with Gasteiger partial charge in [-0.25, -0.2) is 9.18 Å². The van der Waals surface area contributed by atoms with Gasteiger partial charge in [-0.05, 0) is 23.8 Å². The van der Waals surface area contributed by atoms with Gasteiger partial charge < -0.3 is 15.5 Å². The van der Waals surface area contributed by atoms with Crippen LogP contribution in [-0.4, -0.2) is 34.7 Å². The Morgan fingerprint density at radius 1 is 1.47 bits per heavy atom. The second kappa shape index (κ2) is 6.86. The van der Waals surface area contributed by atoms with Gasteiger partial charge in [0.15, 0.2) is 6.10 Å². The van der Waals surface area contributed by atoms with Crippen LogP contribution in [0.15, 0.2) is 24.3 Å². The fourth-order valence-corrected chi connectivity index (χ4v) is 1.32. The van der Waals surface area contributed by atoms with Crippen molar-refractivity contribution in [3.63, 3.8) is 0 Å². The molecule has 3 N–H and O–H groups in total. The van der Waals surface area contributed by atoms with Crippen molar-refractivity contribution >= 4 is 29.6 Å². The van der Waals surface area contributed by atoms with Crippen LogP contribution in [0.4, 0.5) is 4.39 Å². The molecule has 0 radical (unpaired) electrons. The van der Waals surface area contributed by atoms with Crippen molar-refractivity contribution in [3.8, 4) is 0 Å². The molecule has 0 spiro atoms. The summed E-state index contributed by atoms with van der Waals surface area (Å²) < 4.78 is 12.9. The second-order valence-electron chi connectivity index (χ2n) is 3.61. The number of aliphatic hydroxyl groups is 1. The van der Waals surface area contributed by atoms with Crippen LogP contribution in [0.2, 0.25) is 5.02 Å². The Morgan fingerprint density at radius 3 is 2.74 bits per heavy atom. The van der Waals surface area contributed by atoms with Crippen molar-refractivity contribution in [2.24, 2.45) is 0 Å². The quantitative estimate of drug-likeness (QED) is 0.707. The smallest absolute Gasteiger partial charge is 0.334 e. The molecule has 1 rings (SSSR count). The highest BCUT2D eigenvalue weighted by atomic mass is 35.5. The number of benzene rings is 1. The molecule has 0 saturated heterocycles. The zero-order chi connectivity index (χ0) is 14.4. The first-order valence-electron chi connectivity index (χ1n) is 5.22. The Balaban J connectivity index is 2.54. The summed E-state index contributed by atoms with van der Waals surface area (Å²) in [6, 6.07) is 3.93. The number of carbonyl (C=O) groups is 2. The Bertz CT molecular complexity index is 518. The van der Waals surface area contributed by atoms with E-state index in [2.05, 4.69) is 5.32 Å². The van der Waals surface area contributed by atoms with Crippen LogP contribution in [0.25, 0.3) is 6.08 Å². The van der Waals surface area contributed by atoms with E-state index in [1.807, 2.05) is 0 Å². The van der Waals surface area contributed by atoms with E-state index in [9.17, 15) is 14.0 Å². The molecule has 1 aromatic carbocycles. The lowest BCUT2D eigenvalue weighted by atomic mass is 10.2. The summed E-state index contributed by atoms with van der Waals surface area (Å²) in [7, 11) is 0. The third-order valence-corrected chi connectivity index (χ3v) is 2.42. The number of amides is 1. The fraction of sp³-hybridized carbons (Fsp3) is 0.167. The molecule has 102 valence electrons. The predicted octanol–water partition coefficient (Wildman–Crippen LogP) is 1.05. The van der Waals surface area contributed by atoms with E-state index in [0.29, 0.717) is 5.56 Å². The minimum absolute atomic E-state index is 0.0659. The number of nitrogens with one attached hydrogen (secondary N) is 1. The van der Waals surface area contributed by atoms with Crippen LogP contribution in [0.1, 0.15) is 5.56 Å². The maximum absolute atomic E-state index is 12.9. The Labute approximate surface area is 113 Å². The van der Waals surface area contributed by atoms with Crippen molar-refractivity contribution in [2.45, 2.75) is 6.10 Å². The molecule has 7 heteroatoms. The molecule has 19 heavy (non-hydrogen) atoms. The number of hydrogen-bond donors (Lipinski definition) is 3. The van der Waals surface area contributed by atoms with E-state index in [1.54, 1.807) is 0 Å². The van der Waals surface area contributed by atoms with Gasteiger partial charge in [-0.1, -0.05) is 17.7 Å². The topological polar surface area (TPSA) is 86.6 Å². The van der Waals surface area contributed by atoms with Gasteiger partial charge in [-0.3, -0.25) is 4.79 Å². The molecule has 0 bridgehead atoms. The van der Waals surface area contributed by atoms with E-state index in [1.165, 1.54) is 18.2 Å². The number of carboxylic acids is 1. The molecule has 1 amide bonds. The standard InChI is InChI=1S/C12H11ClFNO4/c13-8-5-7(1-3-9(8)14)2-4-11(17)15-6-10(16)12(18)19/h1-5,10,16H,6H2,(H,15,17)(H,18,19)/b4-2+/t10-/m0/s1. The van der Waals surface area contributed by atoms with Crippen molar-refractivity contribution in [1.82, 2.24) is 5.32 Å². The van der Waals surface area contributed by atoms with Crippen LogP contribution >= 0.6 is 11.6 Å². The molecule has 1 aromatic rings. The summed E-state index contributed by atoms with van der Waals surface area (Å²) in [4.78, 5) is 21.6. The zero-order valence-electron chi connectivity index (χ0n) is 9.64. The number of rotatable bonds is 5. The first-order chi connectivity index (χ1) is 8.90. The Hall–Kier alpha value is -1.92. The third kappa shape index (κ3) is 5.07. The van der Waals surface area contributed by atoms with Gasteiger partial charge in [0.1, 0.15) is 5.82 Å². The summed E-state index contributed by atoms with van der Waals surface area (Å²) in [5.74, 6) is -2.57. The third-order valence-electron chi connectivity index (χ3n) is 2.13. The summed E-state index contributed by atoms with van der Waals surface area (Å²) in [6.45, 7) is -0.400. The molecule has 0 heterocycles. The van der Waals surface area contributed by atoms with E-state index in [4.69, 9.17) is 21.8 Å². The Morgan fingerprint density at radius 2 is 2.16 bits per heavy atom. The highest BCUT2D eigenvalue weighted by molar-refractivity contribution is 6.30. The summed E-state index contributed by atoms with van der Waals surface area (Å²) >= 11 is 5.56. The normalized spacial score (nSPS) is 12.4. The van der Waals surface area contributed by atoms with Gasteiger partial charge in [0.05, 0.1) is 11.6 Å². The maximum atomic E-state index is 12.9. The molecule has 0 unspecified atom stereocenters. The first-order valence-corrected chi connectivity index (χ1v) is 5.60. The molecular formula is C12H11ClFNO4. The average molecular weight is 288 g/mol. The van der Waals surface area contributed by atoms with Crippen LogP contribution < -0.4 is 5.32 Å². The summed E-state index contributed by atoms with van der Waals surface area (Å²) in [5.41, 5.74) is 0.514. The molecule has 0 fully saturated rings. The van der Waals surface area contributed by atoms with Crippen LogP contribution in [0, 0.1) is 5.82 Å². The number of halogens is 2. The predicted molar refractivity (Wildman–Crippen MR) is 67.1 cm³/mol. The van der Waals surface area contributed by atoms with E-state index >= 15 is 0 Å². The lowest BCUT2D eigenvalue weighted by molar-refractivity contribution is -0.146. The first kappa shape index (κ1) is 15.1. The summed E-state index contributed by atoms with van der Waals surface area (Å²) in [5, 5.41) is 19.5. The number of carbonyl (C=O) groups excluding carboxylic acids is 1. The highest BCUT2D eigenvalue weighted by Crippen LogP contribution is 2.16. The molecule has 0 aliphatic rings. The van der Waals surface area contributed by atoms with Gasteiger partial charge in [-0.15, -0.1) is 0 Å². The van der Waals surface area contributed by atoms with Gasteiger partial charge in [0.25, 0.3) is 0 Å². The summed E-state index contributed by atoms with van der Waals surface area (Å²) in [6.07, 6.45) is 0.851. The molecule has 1 atom stereocenters. The van der Waals surface area contributed by atoms with Crippen LogP contribution in [-0.2, 0) is 9.59 Å². The fourth-order valence-electron chi connectivity index (χ4n) is 1.13. The number of aliphatic hydroxyl groups excluding tert-OH is 1. The lowest BCUT2D eigenvalue weighted by Crippen LogP contribution is -2.35. The zero-order valence-corrected chi connectivity index (χ0v) is 10.4. The average Bonchev–Trinajstić information content (AvgIpc) is 2.37. The van der Waals surface area contributed by atoms with Gasteiger partial charge in [0.2, 0.25) is 5.91 Å². The number of hydrogen-bond acceptors (Lipinski definition) is 3. The second-order valence-corrected chi connectivity index (χ2v) is 4.01. The molecular weight excluding hydrogens is 277 g/mol.